The molecule has 0 radical (unpaired) electrons. The Kier molecular flexibility index (Phi) is 6.53. The van der Waals surface area contributed by atoms with Crippen LogP contribution in [0.25, 0.3) is 0 Å². The van der Waals surface area contributed by atoms with Crippen molar-refractivity contribution >= 4 is 11.8 Å². The number of carbonyl (C=O) groups is 2. The van der Waals surface area contributed by atoms with Gasteiger partial charge in [-0.2, -0.15) is 4.98 Å². The molecule has 0 N–H and O–H groups in total. The second-order valence-corrected chi connectivity index (χ2v) is 8.48. The lowest BCUT2D eigenvalue weighted by molar-refractivity contribution is -0.139. The maximum atomic E-state index is 13.3. The third kappa shape index (κ3) is 5.06. The molecule has 1 unspecified atom stereocenters. The number of rotatable bonds is 5. The molecule has 1 aromatic carbocycles. The quantitative estimate of drug-likeness (QED) is 0.730. The van der Waals surface area contributed by atoms with Gasteiger partial charge >= 0.3 is 0 Å². The highest BCUT2D eigenvalue weighted by Gasteiger charge is 2.37. The van der Waals surface area contributed by atoms with Gasteiger partial charge in [-0.25, -0.2) is 0 Å². The van der Waals surface area contributed by atoms with Gasteiger partial charge < -0.3 is 19.1 Å². The fourth-order valence-electron chi connectivity index (χ4n) is 4.50. The number of amides is 2. The summed E-state index contributed by atoms with van der Waals surface area (Å²) >= 11 is 0. The molecular formula is C23H30N4O4. The Morgan fingerprint density at radius 1 is 1.13 bits per heavy atom. The highest BCUT2D eigenvalue weighted by atomic mass is 16.5. The van der Waals surface area contributed by atoms with E-state index in [0.29, 0.717) is 43.5 Å². The number of carbonyl (C=O) groups excluding carboxylic acids is 2. The molecule has 8 heteroatoms. The summed E-state index contributed by atoms with van der Waals surface area (Å²) in [5, 5.41) is 3.91. The first kappa shape index (κ1) is 21.3. The number of benzene rings is 1. The monoisotopic (exact) mass is 426 g/mol. The summed E-state index contributed by atoms with van der Waals surface area (Å²) < 4.78 is 11.1. The van der Waals surface area contributed by atoms with Crippen LogP contribution in [-0.4, -0.2) is 58.0 Å². The van der Waals surface area contributed by atoms with Crippen molar-refractivity contribution in [3.8, 4) is 5.75 Å². The summed E-state index contributed by atoms with van der Waals surface area (Å²) in [5.41, 5.74) is 1.08. The third-order valence-corrected chi connectivity index (χ3v) is 6.18. The van der Waals surface area contributed by atoms with E-state index < -0.39 is 0 Å². The first-order valence-electron chi connectivity index (χ1n) is 11.1. The van der Waals surface area contributed by atoms with E-state index in [0.717, 1.165) is 31.2 Å². The highest BCUT2D eigenvalue weighted by molar-refractivity contribution is 5.80. The Morgan fingerprint density at radius 2 is 1.94 bits per heavy atom. The van der Waals surface area contributed by atoms with E-state index >= 15 is 0 Å². The van der Waals surface area contributed by atoms with Crippen LogP contribution in [0.2, 0.25) is 0 Å². The Labute approximate surface area is 182 Å². The van der Waals surface area contributed by atoms with E-state index in [1.807, 2.05) is 36.1 Å². The van der Waals surface area contributed by atoms with Gasteiger partial charge in [0.2, 0.25) is 11.8 Å². The molecule has 31 heavy (non-hydrogen) atoms. The minimum atomic E-state index is -0.301. The van der Waals surface area contributed by atoms with Crippen LogP contribution in [0.15, 0.2) is 28.8 Å². The molecule has 2 aliphatic rings. The van der Waals surface area contributed by atoms with Crippen LogP contribution in [0.4, 0.5) is 0 Å². The van der Waals surface area contributed by atoms with Gasteiger partial charge in [-0.1, -0.05) is 30.1 Å². The maximum Gasteiger partial charge on any atom is 0.260 e. The summed E-state index contributed by atoms with van der Waals surface area (Å²) in [7, 11) is 0. The lowest BCUT2D eigenvalue weighted by atomic mass is 10.0. The van der Waals surface area contributed by atoms with E-state index in [4.69, 9.17) is 9.26 Å². The van der Waals surface area contributed by atoms with E-state index in [9.17, 15) is 9.59 Å². The van der Waals surface area contributed by atoms with Crippen molar-refractivity contribution < 1.29 is 18.8 Å². The molecule has 2 fully saturated rings. The average molecular weight is 427 g/mol. The van der Waals surface area contributed by atoms with Crippen molar-refractivity contribution in [2.75, 3.05) is 26.2 Å². The first-order valence-corrected chi connectivity index (χ1v) is 11.1. The molecule has 166 valence electrons. The Morgan fingerprint density at radius 3 is 2.65 bits per heavy atom. The van der Waals surface area contributed by atoms with Crippen LogP contribution in [0.5, 0.6) is 5.75 Å². The van der Waals surface area contributed by atoms with Crippen molar-refractivity contribution in [1.82, 2.24) is 19.9 Å². The van der Waals surface area contributed by atoms with Crippen LogP contribution in [0.3, 0.4) is 0 Å². The number of aryl methyl sites for hydroxylation is 2. The molecule has 0 bridgehead atoms. The average Bonchev–Trinajstić information content (AvgIpc) is 3.39. The number of ether oxygens (including phenoxy) is 1. The molecule has 1 aliphatic carbocycles. The zero-order chi connectivity index (χ0) is 21.8. The minimum absolute atomic E-state index is 0.0235. The van der Waals surface area contributed by atoms with Crippen LogP contribution in [0, 0.1) is 19.8 Å². The van der Waals surface area contributed by atoms with E-state index in [2.05, 4.69) is 10.1 Å². The maximum absolute atomic E-state index is 13.3. The SMILES string of the molecule is Cc1cccc(OCC(=O)N2CCC(c3nc(C)no3)N(C(=O)C3CCCC3)CC2)c1. The molecule has 1 aliphatic heterocycles. The van der Waals surface area contributed by atoms with Gasteiger partial charge in [-0.05, 0) is 50.8 Å². The van der Waals surface area contributed by atoms with Crippen molar-refractivity contribution in [3.05, 3.63) is 41.5 Å². The van der Waals surface area contributed by atoms with Crippen molar-refractivity contribution in [2.45, 2.75) is 52.0 Å². The smallest absolute Gasteiger partial charge is 0.260 e. The number of aromatic nitrogens is 2. The largest absolute Gasteiger partial charge is 0.484 e. The zero-order valence-electron chi connectivity index (χ0n) is 18.2. The van der Waals surface area contributed by atoms with Gasteiger partial charge in [-0.3, -0.25) is 9.59 Å². The summed E-state index contributed by atoms with van der Waals surface area (Å²) in [6.45, 7) is 5.17. The number of hydrogen-bond donors (Lipinski definition) is 0. The molecule has 2 heterocycles. The molecule has 1 atom stereocenters. The molecular weight excluding hydrogens is 396 g/mol. The van der Waals surface area contributed by atoms with E-state index in [1.54, 1.807) is 11.8 Å². The van der Waals surface area contributed by atoms with Gasteiger partial charge in [0.1, 0.15) is 11.8 Å². The predicted molar refractivity (Wildman–Crippen MR) is 113 cm³/mol. The van der Waals surface area contributed by atoms with Gasteiger partial charge in [0.15, 0.2) is 12.4 Å². The van der Waals surface area contributed by atoms with Crippen molar-refractivity contribution in [2.24, 2.45) is 5.92 Å². The van der Waals surface area contributed by atoms with E-state index in [-0.39, 0.29) is 30.4 Å². The molecule has 2 amide bonds. The standard InChI is InChI=1S/C23H30N4O4/c1-16-6-5-9-19(14-16)30-15-21(28)26-11-10-20(22-24-17(2)25-31-22)27(13-12-26)23(29)18-7-3-4-8-18/h5-6,9,14,18,20H,3-4,7-8,10-13,15H2,1-2H3. The Bertz CT molecular complexity index is 922. The Balaban J connectivity index is 1.45. The first-order chi connectivity index (χ1) is 15.0. The Hall–Kier alpha value is -2.90. The lowest BCUT2D eigenvalue weighted by Crippen LogP contribution is -2.41. The zero-order valence-corrected chi connectivity index (χ0v) is 18.2. The third-order valence-electron chi connectivity index (χ3n) is 6.18. The molecule has 2 aromatic rings. The lowest BCUT2D eigenvalue weighted by Gasteiger charge is -2.29. The summed E-state index contributed by atoms with van der Waals surface area (Å²) in [6.07, 6.45) is 4.61. The molecule has 1 saturated carbocycles. The normalized spacial score (nSPS) is 20.0. The van der Waals surface area contributed by atoms with Crippen LogP contribution in [0.1, 0.15) is 55.4 Å². The van der Waals surface area contributed by atoms with Crippen LogP contribution >= 0.6 is 0 Å². The fraction of sp³-hybridized carbons (Fsp3) is 0.565. The second kappa shape index (κ2) is 9.49. The topological polar surface area (TPSA) is 88.8 Å². The summed E-state index contributed by atoms with van der Waals surface area (Å²) in [5.74, 6) is 1.79. The van der Waals surface area contributed by atoms with Gasteiger partial charge in [0.25, 0.3) is 5.91 Å². The minimum Gasteiger partial charge on any atom is -0.484 e. The summed E-state index contributed by atoms with van der Waals surface area (Å²) in [6, 6.07) is 7.35. The van der Waals surface area contributed by atoms with E-state index in [1.165, 1.54) is 0 Å². The fourth-order valence-corrected chi connectivity index (χ4v) is 4.50. The van der Waals surface area contributed by atoms with Gasteiger partial charge in [-0.15, -0.1) is 0 Å². The van der Waals surface area contributed by atoms with Gasteiger partial charge in [0.05, 0.1) is 0 Å². The molecule has 4 rings (SSSR count). The number of nitrogens with zero attached hydrogens (tertiary/aromatic N) is 4. The predicted octanol–water partition coefficient (Wildman–Crippen LogP) is 3.06. The number of hydrogen-bond acceptors (Lipinski definition) is 6. The molecule has 1 aromatic heterocycles. The molecule has 8 nitrogen and oxygen atoms in total. The molecule has 0 spiro atoms. The highest BCUT2D eigenvalue weighted by Crippen LogP contribution is 2.32. The van der Waals surface area contributed by atoms with Crippen LogP contribution < -0.4 is 4.74 Å². The van der Waals surface area contributed by atoms with Gasteiger partial charge in [0, 0.05) is 25.6 Å². The second-order valence-electron chi connectivity index (χ2n) is 8.48. The van der Waals surface area contributed by atoms with Crippen molar-refractivity contribution in [1.29, 1.82) is 0 Å². The van der Waals surface area contributed by atoms with Crippen LogP contribution in [-0.2, 0) is 9.59 Å². The molecule has 1 saturated heterocycles. The van der Waals surface area contributed by atoms with Crippen molar-refractivity contribution in [3.63, 3.8) is 0 Å². The summed E-state index contributed by atoms with van der Waals surface area (Å²) in [4.78, 5) is 34.1.